The minimum Gasteiger partial charge on any atom is -0.492 e. The Morgan fingerprint density at radius 1 is 1.33 bits per heavy atom. The zero-order valence-corrected chi connectivity index (χ0v) is 12.5. The maximum absolute atomic E-state index is 5.79. The van der Waals surface area contributed by atoms with Crippen LogP contribution in [0.3, 0.4) is 0 Å². The van der Waals surface area contributed by atoms with Crippen molar-refractivity contribution in [2.24, 2.45) is 0 Å². The van der Waals surface area contributed by atoms with Gasteiger partial charge in [-0.2, -0.15) is 0 Å². The van der Waals surface area contributed by atoms with Crippen LogP contribution in [0.2, 0.25) is 0 Å². The Kier molecular flexibility index (Phi) is 5.47. The van der Waals surface area contributed by atoms with E-state index in [0.717, 1.165) is 49.6 Å². The molecule has 0 radical (unpaired) electrons. The van der Waals surface area contributed by atoms with E-state index in [4.69, 9.17) is 9.47 Å². The first-order chi connectivity index (χ1) is 8.75. The van der Waals surface area contributed by atoms with Crippen LogP contribution in [-0.4, -0.2) is 39.5 Å². The van der Waals surface area contributed by atoms with Gasteiger partial charge in [-0.3, -0.25) is 0 Å². The molecule has 100 valence electrons. The van der Waals surface area contributed by atoms with Crippen molar-refractivity contribution in [3.05, 3.63) is 28.2 Å². The highest BCUT2D eigenvalue weighted by molar-refractivity contribution is 9.10. The second kappa shape index (κ2) is 7.12. The van der Waals surface area contributed by atoms with Gasteiger partial charge in [0.1, 0.15) is 18.8 Å². The number of morpholine rings is 1. The van der Waals surface area contributed by atoms with Crippen LogP contribution in [0, 0.1) is 6.92 Å². The summed E-state index contributed by atoms with van der Waals surface area (Å²) in [6.07, 6.45) is 1.09. The minimum absolute atomic E-state index is 0.784. The van der Waals surface area contributed by atoms with Crippen LogP contribution in [-0.2, 0) is 4.74 Å². The number of nitrogens with one attached hydrogen (secondary N) is 1. The Balaban J connectivity index is 1.68. The number of benzene rings is 1. The van der Waals surface area contributed by atoms with Crippen LogP contribution < -0.4 is 9.64 Å². The van der Waals surface area contributed by atoms with Crippen LogP contribution in [0.4, 0.5) is 0 Å². The topological polar surface area (TPSA) is 22.9 Å². The lowest BCUT2D eigenvalue weighted by Crippen LogP contribution is -3.14. The van der Waals surface area contributed by atoms with E-state index in [1.165, 1.54) is 12.1 Å². The molecule has 1 aliphatic heterocycles. The van der Waals surface area contributed by atoms with Crippen molar-refractivity contribution >= 4 is 15.9 Å². The molecule has 0 saturated carbocycles. The molecule has 0 spiro atoms. The summed E-state index contributed by atoms with van der Waals surface area (Å²) < 4.78 is 12.2. The van der Waals surface area contributed by atoms with Gasteiger partial charge in [-0.1, -0.05) is 6.07 Å². The molecule has 0 amide bonds. The number of halogens is 1. The molecule has 0 atom stereocenters. The maximum Gasteiger partial charge on any atom is 0.133 e. The number of aryl methyl sites for hydroxylation is 1. The molecule has 1 N–H and O–H groups in total. The second-order valence-electron chi connectivity index (χ2n) is 4.75. The Bertz CT molecular complexity index is 378. The van der Waals surface area contributed by atoms with E-state index in [1.54, 1.807) is 4.90 Å². The highest BCUT2D eigenvalue weighted by Gasteiger charge is 2.12. The Morgan fingerprint density at radius 3 is 2.83 bits per heavy atom. The Labute approximate surface area is 117 Å². The molecule has 3 nitrogen and oxygen atoms in total. The van der Waals surface area contributed by atoms with Crippen molar-refractivity contribution in [2.75, 3.05) is 39.5 Å². The van der Waals surface area contributed by atoms with Gasteiger partial charge in [0, 0.05) is 6.42 Å². The zero-order valence-electron chi connectivity index (χ0n) is 10.9. The van der Waals surface area contributed by atoms with E-state index in [0.29, 0.717) is 0 Å². The minimum atomic E-state index is 0.784. The second-order valence-corrected chi connectivity index (χ2v) is 5.60. The summed E-state index contributed by atoms with van der Waals surface area (Å²) in [5.74, 6) is 0.942. The normalized spacial score (nSPS) is 16.8. The summed E-state index contributed by atoms with van der Waals surface area (Å²) in [6.45, 7) is 8.11. The van der Waals surface area contributed by atoms with Crippen molar-refractivity contribution in [1.82, 2.24) is 0 Å². The molecule has 1 heterocycles. The molecular formula is C14H21BrNO2+. The number of hydrogen-bond acceptors (Lipinski definition) is 2. The Hall–Kier alpha value is -0.580. The molecule has 0 aliphatic carbocycles. The first-order valence-corrected chi connectivity index (χ1v) is 7.35. The van der Waals surface area contributed by atoms with Gasteiger partial charge in [0.15, 0.2) is 0 Å². The van der Waals surface area contributed by atoms with E-state index in [1.807, 2.05) is 6.07 Å². The lowest BCUT2D eigenvalue weighted by molar-refractivity contribution is -0.908. The molecule has 2 rings (SSSR count). The molecule has 1 aromatic rings. The van der Waals surface area contributed by atoms with Gasteiger partial charge in [-0.25, -0.2) is 0 Å². The fourth-order valence-corrected chi connectivity index (χ4v) is 2.75. The van der Waals surface area contributed by atoms with Gasteiger partial charge < -0.3 is 14.4 Å². The summed E-state index contributed by atoms with van der Waals surface area (Å²) in [4.78, 5) is 1.63. The lowest BCUT2D eigenvalue weighted by atomic mass is 10.2. The number of rotatable bonds is 5. The van der Waals surface area contributed by atoms with Gasteiger partial charge in [0.25, 0.3) is 0 Å². The van der Waals surface area contributed by atoms with Crippen LogP contribution in [0.1, 0.15) is 12.0 Å². The van der Waals surface area contributed by atoms with Gasteiger partial charge in [-0.05, 0) is 40.5 Å². The van der Waals surface area contributed by atoms with Crippen molar-refractivity contribution < 1.29 is 14.4 Å². The van der Waals surface area contributed by atoms with E-state index < -0.39 is 0 Å². The number of hydrogen-bond donors (Lipinski definition) is 1. The average Bonchev–Trinajstić information content (AvgIpc) is 2.38. The fourth-order valence-electron chi connectivity index (χ4n) is 2.14. The predicted octanol–water partition coefficient (Wildman–Crippen LogP) is 1.44. The molecule has 0 unspecified atom stereocenters. The summed E-state index contributed by atoms with van der Waals surface area (Å²) in [5, 5.41) is 0. The SMILES string of the molecule is Cc1ccc(OCCC[NH+]2CCOCC2)c(Br)c1. The van der Waals surface area contributed by atoms with Gasteiger partial charge >= 0.3 is 0 Å². The third kappa shape index (κ3) is 4.26. The van der Waals surface area contributed by atoms with E-state index in [2.05, 4.69) is 35.0 Å². The number of quaternary nitrogens is 1. The van der Waals surface area contributed by atoms with Crippen LogP contribution in [0.25, 0.3) is 0 Å². The molecule has 18 heavy (non-hydrogen) atoms. The molecular weight excluding hydrogens is 294 g/mol. The first-order valence-electron chi connectivity index (χ1n) is 6.56. The van der Waals surface area contributed by atoms with Gasteiger partial charge in [0.05, 0.1) is 30.8 Å². The molecule has 4 heteroatoms. The van der Waals surface area contributed by atoms with Gasteiger partial charge in [0.2, 0.25) is 0 Å². The third-order valence-corrected chi connectivity index (χ3v) is 3.84. The zero-order chi connectivity index (χ0) is 12.8. The standard InChI is InChI=1S/C14H20BrNO2/c1-12-3-4-14(13(15)11-12)18-8-2-5-16-6-9-17-10-7-16/h3-4,11H,2,5-10H2,1H3/p+1. The van der Waals surface area contributed by atoms with Crippen LogP contribution in [0.5, 0.6) is 5.75 Å². The highest BCUT2D eigenvalue weighted by Crippen LogP contribution is 2.25. The van der Waals surface area contributed by atoms with Crippen LogP contribution in [0.15, 0.2) is 22.7 Å². The summed E-state index contributed by atoms with van der Waals surface area (Å²) >= 11 is 3.53. The largest absolute Gasteiger partial charge is 0.492 e. The van der Waals surface area contributed by atoms with E-state index >= 15 is 0 Å². The van der Waals surface area contributed by atoms with Crippen molar-refractivity contribution in [2.45, 2.75) is 13.3 Å². The molecule has 1 saturated heterocycles. The summed E-state index contributed by atoms with van der Waals surface area (Å²) in [5.41, 5.74) is 1.24. The maximum atomic E-state index is 5.79. The third-order valence-electron chi connectivity index (χ3n) is 3.22. The lowest BCUT2D eigenvalue weighted by Gasteiger charge is -2.23. The highest BCUT2D eigenvalue weighted by atomic mass is 79.9. The van der Waals surface area contributed by atoms with E-state index in [9.17, 15) is 0 Å². The van der Waals surface area contributed by atoms with Crippen molar-refractivity contribution in [3.8, 4) is 5.75 Å². The predicted molar refractivity (Wildman–Crippen MR) is 75.4 cm³/mol. The van der Waals surface area contributed by atoms with E-state index in [-0.39, 0.29) is 0 Å². The average molecular weight is 315 g/mol. The molecule has 1 aromatic carbocycles. The number of ether oxygens (including phenoxy) is 2. The summed E-state index contributed by atoms with van der Waals surface area (Å²) in [6, 6.07) is 6.19. The Morgan fingerprint density at radius 2 is 2.11 bits per heavy atom. The monoisotopic (exact) mass is 314 g/mol. The molecule has 1 fully saturated rings. The fraction of sp³-hybridized carbons (Fsp3) is 0.571. The smallest absolute Gasteiger partial charge is 0.133 e. The molecule has 0 aromatic heterocycles. The first kappa shape index (κ1) is 13.8. The summed E-state index contributed by atoms with van der Waals surface area (Å²) in [7, 11) is 0. The molecule has 1 aliphatic rings. The molecule has 0 bridgehead atoms. The van der Waals surface area contributed by atoms with Crippen molar-refractivity contribution in [1.29, 1.82) is 0 Å². The van der Waals surface area contributed by atoms with Crippen LogP contribution >= 0.6 is 15.9 Å². The quantitative estimate of drug-likeness (QED) is 0.831. The van der Waals surface area contributed by atoms with Crippen molar-refractivity contribution in [3.63, 3.8) is 0 Å². The van der Waals surface area contributed by atoms with Gasteiger partial charge in [-0.15, -0.1) is 0 Å².